The number of likely N-dealkylation sites (tertiary alicyclic amines) is 1. The van der Waals surface area contributed by atoms with Crippen molar-refractivity contribution in [2.45, 2.75) is 38.4 Å². The van der Waals surface area contributed by atoms with Gasteiger partial charge < -0.3 is 9.42 Å². The molecule has 182 valence electrons. The van der Waals surface area contributed by atoms with Gasteiger partial charge in [-0.25, -0.2) is 4.98 Å². The highest BCUT2D eigenvalue weighted by Crippen LogP contribution is 2.34. The van der Waals surface area contributed by atoms with Crippen LogP contribution < -0.4 is 0 Å². The maximum atomic E-state index is 12.9. The molecule has 0 saturated carbocycles. The molecule has 0 aliphatic carbocycles. The number of halogens is 3. The topological polar surface area (TPSA) is 77.0 Å². The van der Waals surface area contributed by atoms with E-state index in [2.05, 4.69) is 10.3 Å². The number of nitrogens with zero attached hydrogens (tertiary/aromatic N) is 5. The minimum absolute atomic E-state index is 0.204. The maximum absolute atomic E-state index is 12.9. The first-order chi connectivity index (χ1) is 16.8. The van der Waals surface area contributed by atoms with Crippen LogP contribution >= 0.6 is 11.3 Å². The summed E-state index contributed by atoms with van der Waals surface area (Å²) in [6.45, 7) is 2.35. The quantitative estimate of drug-likeness (QED) is 0.366. The van der Waals surface area contributed by atoms with Crippen LogP contribution in [0.4, 0.5) is 13.2 Å². The molecule has 5 rings (SSSR count). The minimum atomic E-state index is -4.53. The third kappa shape index (κ3) is 5.00. The molecule has 4 heterocycles. The summed E-state index contributed by atoms with van der Waals surface area (Å²) >= 11 is 1.56. The largest absolute Gasteiger partial charge is 0.435 e. The van der Waals surface area contributed by atoms with Crippen molar-refractivity contribution in [3.8, 4) is 22.7 Å². The lowest BCUT2D eigenvalue weighted by atomic mass is 9.97. The van der Waals surface area contributed by atoms with Gasteiger partial charge in [0.25, 0.3) is 0 Å². The van der Waals surface area contributed by atoms with Crippen LogP contribution in [0.1, 0.15) is 35.2 Å². The molecule has 0 radical (unpaired) electrons. The lowest BCUT2D eigenvalue weighted by molar-refractivity contribution is -0.142. The van der Waals surface area contributed by atoms with Gasteiger partial charge in [-0.3, -0.25) is 9.48 Å². The van der Waals surface area contributed by atoms with Crippen molar-refractivity contribution in [2.75, 3.05) is 13.1 Å². The fourth-order valence-corrected chi connectivity index (χ4v) is 5.12. The van der Waals surface area contributed by atoms with Gasteiger partial charge in [0, 0.05) is 41.7 Å². The van der Waals surface area contributed by atoms with Crippen LogP contribution in [-0.4, -0.2) is 43.8 Å². The zero-order chi connectivity index (χ0) is 24.6. The van der Waals surface area contributed by atoms with Gasteiger partial charge in [-0.05, 0) is 25.8 Å². The van der Waals surface area contributed by atoms with Gasteiger partial charge in [-0.2, -0.15) is 18.3 Å². The van der Waals surface area contributed by atoms with E-state index in [1.807, 2.05) is 41.8 Å². The zero-order valence-corrected chi connectivity index (χ0v) is 19.6. The molecule has 11 heteroatoms. The summed E-state index contributed by atoms with van der Waals surface area (Å²) in [5.41, 5.74) is 1.69. The Morgan fingerprint density at radius 1 is 1.14 bits per heavy atom. The molecule has 4 aromatic rings. The highest BCUT2D eigenvalue weighted by Gasteiger charge is 2.35. The summed E-state index contributed by atoms with van der Waals surface area (Å²) in [4.78, 5) is 19.1. The fraction of sp³-hybridized carbons (Fsp3) is 0.333. The average molecular weight is 502 g/mol. The maximum Gasteiger partial charge on any atom is 0.435 e. The summed E-state index contributed by atoms with van der Waals surface area (Å²) in [7, 11) is 0. The molecular formula is C24H22F3N5O2S. The predicted octanol–water partition coefficient (Wildman–Crippen LogP) is 5.40. The number of benzene rings is 1. The zero-order valence-electron chi connectivity index (χ0n) is 18.8. The molecular weight excluding hydrogens is 479 g/mol. The van der Waals surface area contributed by atoms with Crippen LogP contribution in [0.5, 0.6) is 0 Å². The summed E-state index contributed by atoms with van der Waals surface area (Å²) in [6.07, 6.45) is -3.06. The highest BCUT2D eigenvalue weighted by molar-refractivity contribution is 7.10. The number of alkyl halides is 3. The van der Waals surface area contributed by atoms with Crippen molar-refractivity contribution in [3.63, 3.8) is 0 Å². The summed E-state index contributed by atoms with van der Waals surface area (Å²) < 4.78 is 45.2. The van der Waals surface area contributed by atoms with Crippen molar-refractivity contribution in [1.29, 1.82) is 0 Å². The molecule has 1 saturated heterocycles. The average Bonchev–Trinajstić information content (AvgIpc) is 3.60. The number of hydrogen-bond donors (Lipinski definition) is 0. The van der Waals surface area contributed by atoms with Crippen LogP contribution in [0.2, 0.25) is 0 Å². The van der Waals surface area contributed by atoms with Crippen molar-refractivity contribution in [1.82, 2.24) is 24.8 Å². The Kier molecular flexibility index (Phi) is 6.18. The number of aryl methyl sites for hydroxylation is 1. The molecule has 7 nitrogen and oxygen atoms in total. The molecule has 1 aliphatic heterocycles. The van der Waals surface area contributed by atoms with E-state index in [-0.39, 0.29) is 18.4 Å². The SMILES string of the molecule is Cc1cc(C(F)(F)F)nn1CC(=O)N1CCC(c2nc(-c3cc(-c4ccccc4)on3)cs2)CC1. The predicted molar refractivity (Wildman–Crippen MR) is 124 cm³/mol. The van der Waals surface area contributed by atoms with Crippen LogP contribution in [-0.2, 0) is 17.5 Å². The second-order valence-electron chi connectivity index (χ2n) is 8.49. The second-order valence-corrected chi connectivity index (χ2v) is 9.38. The van der Waals surface area contributed by atoms with Gasteiger partial charge in [-0.1, -0.05) is 35.5 Å². The van der Waals surface area contributed by atoms with Gasteiger partial charge in [-0.15, -0.1) is 11.3 Å². The van der Waals surface area contributed by atoms with E-state index in [0.29, 0.717) is 30.2 Å². The minimum Gasteiger partial charge on any atom is -0.356 e. The van der Waals surface area contributed by atoms with Crippen LogP contribution in [0.3, 0.4) is 0 Å². The van der Waals surface area contributed by atoms with Crippen molar-refractivity contribution >= 4 is 17.2 Å². The first-order valence-electron chi connectivity index (χ1n) is 11.2. The molecule has 1 fully saturated rings. The van der Waals surface area contributed by atoms with Gasteiger partial charge in [0.05, 0.1) is 5.01 Å². The number of thiazole rings is 1. The second kappa shape index (κ2) is 9.29. The van der Waals surface area contributed by atoms with Gasteiger partial charge in [0.1, 0.15) is 17.9 Å². The monoisotopic (exact) mass is 501 g/mol. The van der Waals surface area contributed by atoms with E-state index >= 15 is 0 Å². The van der Waals surface area contributed by atoms with Crippen LogP contribution in [0, 0.1) is 6.92 Å². The van der Waals surface area contributed by atoms with Crippen LogP contribution in [0.15, 0.2) is 52.4 Å². The molecule has 0 atom stereocenters. The Morgan fingerprint density at radius 2 is 1.89 bits per heavy atom. The Balaban J connectivity index is 1.19. The highest BCUT2D eigenvalue weighted by atomic mass is 32.1. The van der Waals surface area contributed by atoms with E-state index in [4.69, 9.17) is 9.51 Å². The van der Waals surface area contributed by atoms with Crippen molar-refractivity contribution < 1.29 is 22.5 Å². The van der Waals surface area contributed by atoms with E-state index < -0.39 is 11.9 Å². The van der Waals surface area contributed by atoms with Crippen LogP contribution in [0.25, 0.3) is 22.7 Å². The Hall–Kier alpha value is -3.47. The smallest absolute Gasteiger partial charge is 0.356 e. The lowest BCUT2D eigenvalue weighted by Crippen LogP contribution is -2.40. The van der Waals surface area contributed by atoms with Crippen molar-refractivity contribution in [2.24, 2.45) is 0 Å². The number of aromatic nitrogens is 4. The number of hydrogen-bond acceptors (Lipinski definition) is 6. The fourth-order valence-electron chi connectivity index (χ4n) is 4.14. The number of rotatable bonds is 5. The molecule has 0 unspecified atom stereocenters. The molecule has 0 spiro atoms. The Labute approximate surface area is 203 Å². The first kappa shape index (κ1) is 23.3. The third-order valence-corrected chi connectivity index (χ3v) is 7.11. The Morgan fingerprint density at radius 3 is 2.57 bits per heavy atom. The van der Waals surface area contributed by atoms with Gasteiger partial charge in [0.15, 0.2) is 11.5 Å². The van der Waals surface area contributed by atoms with Gasteiger partial charge in [0.2, 0.25) is 5.91 Å². The lowest BCUT2D eigenvalue weighted by Gasteiger charge is -2.31. The molecule has 35 heavy (non-hydrogen) atoms. The molecule has 3 aromatic heterocycles. The van der Waals surface area contributed by atoms with E-state index in [0.717, 1.165) is 39.9 Å². The number of carbonyl (C=O) groups is 1. The summed E-state index contributed by atoms with van der Waals surface area (Å²) in [5.74, 6) is 0.651. The van der Waals surface area contributed by atoms with Crippen molar-refractivity contribution in [3.05, 3.63) is 64.2 Å². The molecule has 0 N–H and O–H groups in total. The number of carbonyl (C=O) groups excluding carboxylic acids is 1. The first-order valence-corrected chi connectivity index (χ1v) is 12.0. The Bertz CT molecular complexity index is 1320. The third-order valence-electron chi connectivity index (χ3n) is 6.11. The van der Waals surface area contributed by atoms with Gasteiger partial charge >= 0.3 is 6.18 Å². The summed E-state index contributed by atoms with van der Waals surface area (Å²) in [5, 5.41) is 10.6. The summed E-state index contributed by atoms with van der Waals surface area (Å²) in [6, 6.07) is 12.5. The standard InChI is InChI=1S/C24H22F3N5O2S/c1-15-11-21(24(25,26)27)29-32(15)13-22(33)31-9-7-17(8-10-31)23-28-19(14-35-23)18-12-20(34-30-18)16-5-3-2-4-6-16/h2-6,11-12,14,17H,7-10,13H2,1H3. The molecule has 1 aliphatic rings. The number of piperidine rings is 1. The van der Waals surface area contributed by atoms with E-state index in [1.165, 1.54) is 6.92 Å². The molecule has 1 amide bonds. The normalized spacial score (nSPS) is 15.0. The van der Waals surface area contributed by atoms with E-state index in [1.54, 1.807) is 16.2 Å². The molecule has 1 aromatic carbocycles. The molecule has 0 bridgehead atoms. The number of amides is 1. The van der Waals surface area contributed by atoms with E-state index in [9.17, 15) is 18.0 Å².